The highest BCUT2D eigenvalue weighted by molar-refractivity contribution is 5.82. The lowest BCUT2D eigenvalue weighted by Gasteiger charge is -2.33. The van der Waals surface area contributed by atoms with Crippen LogP contribution in [0.3, 0.4) is 0 Å². The second-order valence-electron chi connectivity index (χ2n) is 5.74. The first kappa shape index (κ1) is 17.7. The Kier molecular flexibility index (Phi) is 6.83. The second kappa shape index (κ2) is 7.33. The molecule has 6 heteroatoms. The van der Waals surface area contributed by atoms with E-state index in [1.54, 1.807) is 0 Å². The van der Waals surface area contributed by atoms with Gasteiger partial charge in [-0.05, 0) is 33.9 Å². The van der Waals surface area contributed by atoms with Gasteiger partial charge >= 0.3 is 12.0 Å². The Balaban J connectivity index is 4.40. The van der Waals surface area contributed by atoms with Gasteiger partial charge < -0.3 is 20.6 Å². The summed E-state index contributed by atoms with van der Waals surface area (Å²) >= 11 is 0. The van der Waals surface area contributed by atoms with Gasteiger partial charge in [0.1, 0.15) is 6.04 Å². The van der Waals surface area contributed by atoms with Gasteiger partial charge in [0, 0.05) is 12.1 Å². The molecule has 2 atom stereocenters. The highest BCUT2D eigenvalue weighted by atomic mass is 16.4. The van der Waals surface area contributed by atoms with Gasteiger partial charge in [-0.2, -0.15) is 0 Å². The zero-order valence-electron chi connectivity index (χ0n) is 12.8. The summed E-state index contributed by atoms with van der Waals surface area (Å²) < 4.78 is 0. The smallest absolute Gasteiger partial charge is 0.326 e. The lowest BCUT2D eigenvalue weighted by Crippen LogP contribution is -2.54. The summed E-state index contributed by atoms with van der Waals surface area (Å²) in [5, 5.41) is 14.3. The van der Waals surface area contributed by atoms with Crippen molar-refractivity contribution in [2.24, 2.45) is 5.92 Å². The van der Waals surface area contributed by atoms with Crippen LogP contribution in [0.25, 0.3) is 0 Å². The molecule has 0 heterocycles. The number of amides is 2. The van der Waals surface area contributed by atoms with Crippen molar-refractivity contribution >= 4 is 12.0 Å². The summed E-state index contributed by atoms with van der Waals surface area (Å²) in [6.07, 6.45) is 0.695. The molecule has 0 aliphatic heterocycles. The number of rotatable bonds is 7. The van der Waals surface area contributed by atoms with Crippen molar-refractivity contribution in [3.63, 3.8) is 0 Å². The quantitative estimate of drug-likeness (QED) is 0.649. The van der Waals surface area contributed by atoms with Crippen LogP contribution in [-0.4, -0.2) is 54.2 Å². The monoisotopic (exact) mass is 273 g/mol. The molecule has 0 spiro atoms. The number of nitrogens with one attached hydrogen (secondary N) is 2. The number of carbonyl (C=O) groups is 2. The average Bonchev–Trinajstić information content (AvgIpc) is 2.32. The molecular weight excluding hydrogens is 246 g/mol. The molecule has 0 saturated carbocycles. The van der Waals surface area contributed by atoms with E-state index in [9.17, 15) is 9.59 Å². The highest BCUT2D eigenvalue weighted by Crippen LogP contribution is 2.09. The fourth-order valence-corrected chi connectivity index (χ4v) is 1.33. The van der Waals surface area contributed by atoms with Gasteiger partial charge in [-0.25, -0.2) is 9.59 Å². The molecular formula is C13H27N3O3. The van der Waals surface area contributed by atoms with E-state index < -0.39 is 18.0 Å². The number of carboxylic acids is 1. The van der Waals surface area contributed by atoms with E-state index in [-0.39, 0.29) is 11.5 Å². The van der Waals surface area contributed by atoms with Crippen LogP contribution in [0.1, 0.15) is 34.1 Å². The number of likely N-dealkylation sites (N-methyl/N-ethyl adjacent to an activating group) is 1. The first-order chi connectivity index (χ1) is 8.61. The van der Waals surface area contributed by atoms with Gasteiger partial charge in [0.05, 0.1) is 0 Å². The molecule has 0 aliphatic carbocycles. The van der Waals surface area contributed by atoms with Crippen LogP contribution >= 0.6 is 0 Å². The Bertz CT molecular complexity index is 316. The minimum Gasteiger partial charge on any atom is -0.480 e. The number of urea groups is 1. The lowest BCUT2D eigenvalue weighted by atomic mass is 9.99. The molecule has 0 fully saturated rings. The van der Waals surface area contributed by atoms with E-state index in [1.165, 1.54) is 0 Å². The Morgan fingerprint density at radius 2 is 1.84 bits per heavy atom. The van der Waals surface area contributed by atoms with E-state index in [0.29, 0.717) is 13.0 Å². The Morgan fingerprint density at radius 3 is 2.21 bits per heavy atom. The topological polar surface area (TPSA) is 81.7 Å². The second-order valence-corrected chi connectivity index (χ2v) is 5.74. The number of aliphatic carboxylic acids is 1. The molecule has 0 aromatic carbocycles. The number of nitrogens with zero attached hydrogens (tertiary/aromatic N) is 1. The normalized spacial score (nSPS) is 14.9. The molecule has 0 aromatic rings. The minimum atomic E-state index is -1.00. The third kappa shape index (κ3) is 5.92. The maximum absolute atomic E-state index is 11.7. The Morgan fingerprint density at radius 1 is 1.32 bits per heavy atom. The van der Waals surface area contributed by atoms with Crippen molar-refractivity contribution in [2.45, 2.75) is 45.7 Å². The van der Waals surface area contributed by atoms with Crippen LogP contribution < -0.4 is 10.6 Å². The minimum absolute atomic E-state index is 0.106. The molecule has 19 heavy (non-hydrogen) atoms. The zero-order chi connectivity index (χ0) is 15.2. The van der Waals surface area contributed by atoms with E-state index in [1.807, 2.05) is 46.7 Å². The van der Waals surface area contributed by atoms with E-state index in [2.05, 4.69) is 10.6 Å². The van der Waals surface area contributed by atoms with Gasteiger partial charge in [0.2, 0.25) is 0 Å². The van der Waals surface area contributed by atoms with Gasteiger partial charge in [0.15, 0.2) is 0 Å². The fraction of sp³-hybridized carbons (Fsp3) is 0.846. The van der Waals surface area contributed by atoms with E-state index in [0.717, 1.165) is 0 Å². The molecule has 0 aromatic heterocycles. The molecule has 0 rings (SSSR count). The number of carbonyl (C=O) groups excluding carboxylic acids is 1. The molecule has 0 radical (unpaired) electrons. The van der Waals surface area contributed by atoms with Crippen LogP contribution in [0.2, 0.25) is 0 Å². The molecule has 6 nitrogen and oxygen atoms in total. The predicted octanol–water partition coefficient (Wildman–Crippen LogP) is 1.13. The molecule has 0 saturated heterocycles. The Labute approximate surface area is 115 Å². The van der Waals surface area contributed by atoms with Crippen LogP contribution in [0.5, 0.6) is 0 Å². The van der Waals surface area contributed by atoms with Crippen LogP contribution in [-0.2, 0) is 4.79 Å². The molecule has 0 aliphatic rings. The average molecular weight is 273 g/mol. The predicted molar refractivity (Wildman–Crippen MR) is 75.2 cm³/mol. The molecule has 0 bridgehead atoms. The van der Waals surface area contributed by atoms with E-state index in [4.69, 9.17) is 5.11 Å². The van der Waals surface area contributed by atoms with Crippen molar-refractivity contribution in [1.82, 2.24) is 15.5 Å². The summed E-state index contributed by atoms with van der Waals surface area (Å²) in [6.45, 7) is 8.14. The maximum Gasteiger partial charge on any atom is 0.326 e. The maximum atomic E-state index is 11.7. The van der Waals surface area contributed by atoms with Crippen molar-refractivity contribution in [2.75, 3.05) is 20.6 Å². The first-order valence-corrected chi connectivity index (χ1v) is 6.56. The fourth-order valence-electron chi connectivity index (χ4n) is 1.33. The van der Waals surface area contributed by atoms with Crippen molar-refractivity contribution in [3.05, 3.63) is 0 Å². The zero-order valence-corrected chi connectivity index (χ0v) is 12.8. The molecule has 0 unspecified atom stereocenters. The first-order valence-electron chi connectivity index (χ1n) is 6.56. The molecule has 112 valence electrons. The number of hydrogen-bond donors (Lipinski definition) is 3. The summed E-state index contributed by atoms with van der Waals surface area (Å²) in [4.78, 5) is 24.8. The standard InChI is InChI=1S/C13H27N3O3/c1-7-9(2)10(11(17)18)15-12(19)14-8-13(3,4)16(5)6/h9-10H,7-8H2,1-6H3,(H,17,18)(H2,14,15,19)/t9-,10-/m0/s1. The third-order valence-corrected chi connectivity index (χ3v) is 3.66. The van der Waals surface area contributed by atoms with Crippen LogP contribution in [0.4, 0.5) is 4.79 Å². The highest BCUT2D eigenvalue weighted by Gasteiger charge is 2.26. The van der Waals surface area contributed by atoms with Crippen molar-refractivity contribution < 1.29 is 14.7 Å². The largest absolute Gasteiger partial charge is 0.480 e. The Hall–Kier alpha value is -1.30. The SMILES string of the molecule is CC[C@H](C)[C@H](NC(=O)NCC(C)(C)N(C)C)C(=O)O. The summed E-state index contributed by atoms with van der Waals surface area (Å²) in [5.74, 6) is -1.11. The van der Waals surface area contributed by atoms with Crippen LogP contribution in [0, 0.1) is 5.92 Å². The van der Waals surface area contributed by atoms with Gasteiger partial charge in [0.25, 0.3) is 0 Å². The molecule has 3 N–H and O–H groups in total. The van der Waals surface area contributed by atoms with Crippen LogP contribution in [0.15, 0.2) is 0 Å². The molecule has 2 amide bonds. The summed E-state index contributed by atoms with van der Waals surface area (Å²) in [5.41, 5.74) is -0.188. The van der Waals surface area contributed by atoms with Crippen molar-refractivity contribution in [3.8, 4) is 0 Å². The summed E-state index contributed by atoms with van der Waals surface area (Å²) in [7, 11) is 3.86. The number of carboxylic acid groups (broad SMARTS) is 1. The summed E-state index contributed by atoms with van der Waals surface area (Å²) in [6, 6.07) is -1.30. The third-order valence-electron chi connectivity index (χ3n) is 3.66. The lowest BCUT2D eigenvalue weighted by molar-refractivity contribution is -0.140. The van der Waals surface area contributed by atoms with Gasteiger partial charge in [-0.15, -0.1) is 0 Å². The van der Waals surface area contributed by atoms with Crippen molar-refractivity contribution in [1.29, 1.82) is 0 Å². The van der Waals surface area contributed by atoms with E-state index >= 15 is 0 Å². The number of hydrogen-bond acceptors (Lipinski definition) is 3. The van der Waals surface area contributed by atoms with Gasteiger partial charge in [-0.1, -0.05) is 20.3 Å². The van der Waals surface area contributed by atoms with Gasteiger partial charge in [-0.3, -0.25) is 0 Å².